The zero-order chi connectivity index (χ0) is 9.68. The van der Waals surface area contributed by atoms with Crippen molar-refractivity contribution in [2.24, 2.45) is 0 Å². The Morgan fingerprint density at radius 1 is 1.38 bits per heavy atom. The molecule has 1 aromatic carbocycles. The lowest BCUT2D eigenvalue weighted by molar-refractivity contribution is 0.307. The van der Waals surface area contributed by atoms with Crippen LogP contribution >= 0.6 is 22.6 Å². The van der Waals surface area contributed by atoms with Gasteiger partial charge in [-0.3, -0.25) is 0 Å². The van der Waals surface area contributed by atoms with E-state index in [2.05, 4.69) is 48.6 Å². The minimum atomic E-state index is 0.831. The largest absolute Gasteiger partial charge is 0.493 e. The standard InChI is InChI=1S/C11H15IO/c1-3-4-7-13-11-6-5-10(12)8-9(11)2/h5-6,8H,3-4,7H2,1-2H3. The molecule has 72 valence electrons. The Kier molecular flexibility index (Phi) is 4.56. The Labute approximate surface area is 93.6 Å². The van der Waals surface area contributed by atoms with Crippen LogP contribution < -0.4 is 4.74 Å². The molecule has 0 fully saturated rings. The zero-order valence-corrected chi connectivity index (χ0v) is 10.3. The van der Waals surface area contributed by atoms with Gasteiger partial charge in [-0.15, -0.1) is 0 Å². The van der Waals surface area contributed by atoms with Crippen molar-refractivity contribution in [2.75, 3.05) is 6.61 Å². The average Bonchev–Trinajstić information content (AvgIpc) is 2.09. The van der Waals surface area contributed by atoms with Gasteiger partial charge in [0, 0.05) is 3.57 Å². The second-order valence-electron chi connectivity index (χ2n) is 3.11. The van der Waals surface area contributed by atoms with Gasteiger partial charge < -0.3 is 4.74 Å². The summed E-state index contributed by atoms with van der Waals surface area (Å²) in [6.45, 7) is 5.09. The van der Waals surface area contributed by atoms with Gasteiger partial charge in [-0.1, -0.05) is 13.3 Å². The summed E-state index contributed by atoms with van der Waals surface area (Å²) in [6.07, 6.45) is 2.31. The maximum Gasteiger partial charge on any atom is 0.122 e. The summed E-state index contributed by atoms with van der Waals surface area (Å²) in [5.41, 5.74) is 1.23. The molecule has 0 unspecified atom stereocenters. The van der Waals surface area contributed by atoms with Gasteiger partial charge in [0.25, 0.3) is 0 Å². The monoisotopic (exact) mass is 290 g/mol. The predicted octanol–water partition coefficient (Wildman–Crippen LogP) is 3.78. The van der Waals surface area contributed by atoms with Crippen molar-refractivity contribution < 1.29 is 4.74 Å². The highest BCUT2D eigenvalue weighted by atomic mass is 127. The van der Waals surface area contributed by atoms with Crippen molar-refractivity contribution >= 4 is 22.6 Å². The molecule has 0 saturated carbocycles. The van der Waals surface area contributed by atoms with Crippen LogP contribution in [0.4, 0.5) is 0 Å². The molecule has 0 saturated heterocycles. The topological polar surface area (TPSA) is 9.23 Å². The number of rotatable bonds is 4. The molecule has 0 atom stereocenters. The molecular formula is C11H15IO. The second-order valence-corrected chi connectivity index (χ2v) is 4.36. The van der Waals surface area contributed by atoms with Gasteiger partial charge in [-0.05, 0) is 59.7 Å². The summed E-state index contributed by atoms with van der Waals surface area (Å²) in [5.74, 6) is 1.02. The normalized spacial score (nSPS) is 10.1. The zero-order valence-electron chi connectivity index (χ0n) is 8.14. The molecule has 1 aromatic rings. The van der Waals surface area contributed by atoms with Gasteiger partial charge in [-0.25, -0.2) is 0 Å². The van der Waals surface area contributed by atoms with Crippen LogP contribution in [0.5, 0.6) is 5.75 Å². The Hall–Kier alpha value is -0.250. The van der Waals surface area contributed by atoms with E-state index in [0.717, 1.165) is 18.8 Å². The fourth-order valence-corrected chi connectivity index (χ4v) is 1.75. The first kappa shape index (κ1) is 10.8. The Morgan fingerprint density at radius 3 is 2.77 bits per heavy atom. The Balaban J connectivity index is 2.56. The van der Waals surface area contributed by atoms with Crippen LogP contribution in [-0.4, -0.2) is 6.61 Å². The molecule has 0 bridgehead atoms. The number of benzene rings is 1. The van der Waals surface area contributed by atoms with Crippen LogP contribution in [0.1, 0.15) is 25.3 Å². The van der Waals surface area contributed by atoms with Crippen LogP contribution in [-0.2, 0) is 0 Å². The number of hydrogen-bond donors (Lipinski definition) is 0. The van der Waals surface area contributed by atoms with E-state index >= 15 is 0 Å². The van der Waals surface area contributed by atoms with Crippen molar-refractivity contribution in [2.45, 2.75) is 26.7 Å². The molecule has 1 nitrogen and oxygen atoms in total. The van der Waals surface area contributed by atoms with Gasteiger partial charge in [0.15, 0.2) is 0 Å². The van der Waals surface area contributed by atoms with E-state index in [0.29, 0.717) is 0 Å². The summed E-state index contributed by atoms with van der Waals surface area (Å²) in [5, 5.41) is 0. The first-order valence-corrected chi connectivity index (χ1v) is 5.71. The molecule has 1 rings (SSSR count). The summed E-state index contributed by atoms with van der Waals surface area (Å²) in [4.78, 5) is 0. The molecule has 0 amide bonds. The minimum absolute atomic E-state index is 0.831. The number of aryl methyl sites for hydroxylation is 1. The number of halogens is 1. The maximum atomic E-state index is 5.63. The van der Waals surface area contributed by atoms with Gasteiger partial charge in [0.05, 0.1) is 6.61 Å². The first-order chi connectivity index (χ1) is 6.24. The third-order valence-corrected chi connectivity index (χ3v) is 2.56. The van der Waals surface area contributed by atoms with E-state index in [9.17, 15) is 0 Å². The molecule has 2 heteroatoms. The lowest BCUT2D eigenvalue weighted by Gasteiger charge is -2.08. The third-order valence-electron chi connectivity index (χ3n) is 1.89. The number of unbranched alkanes of at least 4 members (excludes halogenated alkanes) is 1. The summed E-state index contributed by atoms with van der Waals surface area (Å²) in [7, 11) is 0. The highest BCUT2D eigenvalue weighted by Gasteiger charge is 1.98. The molecule has 0 radical (unpaired) electrons. The molecular weight excluding hydrogens is 275 g/mol. The molecule has 0 aliphatic heterocycles. The van der Waals surface area contributed by atoms with Crippen molar-refractivity contribution in [3.8, 4) is 5.75 Å². The molecule has 0 aliphatic carbocycles. The Bertz CT molecular complexity index is 271. The first-order valence-electron chi connectivity index (χ1n) is 4.63. The van der Waals surface area contributed by atoms with Gasteiger partial charge in [0.1, 0.15) is 5.75 Å². The maximum absolute atomic E-state index is 5.63. The Morgan fingerprint density at radius 2 is 2.15 bits per heavy atom. The van der Waals surface area contributed by atoms with Crippen molar-refractivity contribution in [3.05, 3.63) is 27.3 Å². The fraction of sp³-hybridized carbons (Fsp3) is 0.455. The molecule has 13 heavy (non-hydrogen) atoms. The van der Waals surface area contributed by atoms with E-state index in [1.54, 1.807) is 0 Å². The van der Waals surface area contributed by atoms with Crippen LogP contribution in [0, 0.1) is 10.5 Å². The van der Waals surface area contributed by atoms with E-state index < -0.39 is 0 Å². The smallest absolute Gasteiger partial charge is 0.122 e. The van der Waals surface area contributed by atoms with Crippen LogP contribution in [0.2, 0.25) is 0 Å². The van der Waals surface area contributed by atoms with E-state index in [-0.39, 0.29) is 0 Å². The van der Waals surface area contributed by atoms with Crippen LogP contribution in [0.3, 0.4) is 0 Å². The summed E-state index contributed by atoms with van der Waals surface area (Å²) >= 11 is 2.31. The third kappa shape index (κ3) is 3.55. The lowest BCUT2D eigenvalue weighted by Crippen LogP contribution is -1.98. The minimum Gasteiger partial charge on any atom is -0.493 e. The van der Waals surface area contributed by atoms with Crippen molar-refractivity contribution in [1.82, 2.24) is 0 Å². The summed E-state index contributed by atoms with van der Waals surface area (Å²) in [6, 6.07) is 6.27. The molecule has 0 aliphatic rings. The lowest BCUT2D eigenvalue weighted by atomic mass is 10.2. The summed E-state index contributed by atoms with van der Waals surface area (Å²) < 4.78 is 6.89. The second kappa shape index (κ2) is 5.47. The van der Waals surface area contributed by atoms with Crippen molar-refractivity contribution in [1.29, 1.82) is 0 Å². The quantitative estimate of drug-likeness (QED) is 0.605. The SMILES string of the molecule is CCCCOc1ccc(I)cc1C. The molecule has 0 aromatic heterocycles. The fourth-order valence-electron chi connectivity index (χ4n) is 1.10. The van der Waals surface area contributed by atoms with Gasteiger partial charge in [-0.2, -0.15) is 0 Å². The number of hydrogen-bond acceptors (Lipinski definition) is 1. The van der Waals surface area contributed by atoms with E-state index in [1.807, 2.05) is 6.07 Å². The highest BCUT2D eigenvalue weighted by Crippen LogP contribution is 2.20. The molecule has 0 heterocycles. The van der Waals surface area contributed by atoms with Gasteiger partial charge >= 0.3 is 0 Å². The molecule has 0 N–H and O–H groups in total. The van der Waals surface area contributed by atoms with Crippen LogP contribution in [0.25, 0.3) is 0 Å². The average molecular weight is 290 g/mol. The van der Waals surface area contributed by atoms with E-state index in [4.69, 9.17) is 4.74 Å². The molecule has 0 spiro atoms. The van der Waals surface area contributed by atoms with Crippen molar-refractivity contribution in [3.63, 3.8) is 0 Å². The highest BCUT2D eigenvalue weighted by molar-refractivity contribution is 14.1. The predicted molar refractivity (Wildman–Crippen MR) is 64.3 cm³/mol. The number of ether oxygens (including phenoxy) is 1. The van der Waals surface area contributed by atoms with Gasteiger partial charge in [0.2, 0.25) is 0 Å². The van der Waals surface area contributed by atoms with Crippen LogP contribution in [0.15, 0.2) is 18.2 Å². The van der Waals surface area contributed by atoms with E-state index in [1.165, 1.54) is 15.6 Å².